The zero-order valence-electron chi connectivity index (χ0n) is 16.8. The van der Waals surface area contributed by atoms with Crippen LogP contribution in [-0.4, -0.2) is 51.4 Å². The highest BCUT2D eigenvalue weighted by atomic mass is 127. The Kier molecular flexibility index (Phi) is 9.81. The first-order valence-electron chi connectivity index (χ1n) is 8.63. The molecule has 10 heteroatoms. The van der Waals surface area contributed by atoms with Crippen molar-refractivity contribution >= 4 is 51.3 Å². The lowest BCUT2D eigenvalue weighted by Crippen LogP contribution is -2.37. The molecule has 0 fully saturated rings. The summed E-state index contributed by atoms with van der Waals surface area (Å²) in [5.74, 6) is 0.699. The fraction of sp³-hybridized carbons (Fsp3) is 0.444. The first-order valence-corrected chi connectivity index (χ1v) is 10.9. The molecule has 0 unspecified atom stereocenters. The first kappa shape index (κ1) is 24.8. The number of aliphatic imine (C=N–C) groups is 1. The van der Waals surface area contributed by atoms with Crippen LogP contribution < -0.4 is 10.6 Å². The molecule has 0 amide bonds. The molecule has 1 heterocycles. The van der Waals surface area contributed by atoms with Gasteiger partial charge in [0.2, 0.25) is 10.0 Å². The normalized spacial score (nSPS) is 12.0. The molecule has 0 aliphatic heterocycles. The molecule has 156 valence electrons. The van der Waals surface area contributed by atoms with Gasteiger partial charge in [0.1, 0.15) is 0 Å². The van der Waals surface area contributed by atoms with E-state index in [4.69, 9.17) is 0 Å². The van der Waals surface area contributed by atoms with E-state index >= 15 is 0 Å². The molecule has 28 heavy (non-hydrogen) atoms. The van der Waals surface area contributed by atoms with E-state index < -0.39 is 10.0 Å². The fourth-order valence-corrected chi connectivity index (χ4v) is 4.17. The minimum Gasteiger partial charge on any atom is -0.356 e. The van der Waals surface area contributed by atoms with Crippen LogP contribution >= 0.6 is 35.3 Å². The SMILES string of the molecule is CN=C(NCCc1nc(C)c(C)s1)NCc1ccc(S(=O)(=O)N(C)C)cc1.I. The van der Waals surface area contributed by atoms with Crippen molar-refractivity contribution in [2.45, 2.75) is 31.7 Å². The van der Waals surface area contributed by atoms with Crippen molar-refractivity contribution in [3.63, 3.8) is 0 Å². The summed E-state index contributed by atoms with van der Waals surface area (Å²) in [5.41, 5.74) is 2.07. The molecule has 0 saturated carbocycles. The summed E-state index contributed by atoms with van der Waals surface area (Å²) in [6.07, 6.45) is 0.844. The summed E-state index contributed by atoms with van der Waals surface area (Å²) < 4.78 is 25.4. The van der Waals surface area contributed by atoms with Crippen molar-refractivity contribution in [3.05, 3.63) is 45.4 Å². The van der Waals surface area contributed by atoms with E-state index in [0.717, 1.165) is 29.2 Å². The second-order valence-electron chi connectivity index (χ2n) is 6.28. The maximum absolute atomic E-state index is 12.1. The monoisotopic (exact) mass is 537 g/mol. The minimum atomic E-state index is -3.40. The van der Waals surface area contributed by atoms with Crippen LogP contribution in [0.4, 0.5) is 0 Å². The molecule has 7 nitrogen and oxygen atoms in total. The highest BCUT2D eigenvalue weighted by molar-refractivity contribution is 14.0. The molecule has 2 N–H and O–H groups in total. The van der Waals surface area contributed by atoms with Gasteiger partial charge in [-0.3, -0.25) is 4.99 Å². The highest BCUT2D eigenvalue weighted by Gasteiger charge is 2.16. The lowest BCUT2D eigenvalue weighted by atomic mass is 10.2. The van der Waals surface area contributed by atoms with Crippen LogP contribution in [0.15, 0.2) is 34.2 Å². The second-order valence-corrected chi connectivity index (χ2v) is 9.72. The average Bonchev–Trinajstić information content (AvgIpc) is 2.95. The summed E-state index contributed by atoms with van der Waals surface area (Å²) in [5, 5.41) is 7.62. The molecule has 0 atom stereocenters. The molecule has 0 aliphatic carbocycles. The second kappa shape index (κ2) is 11.1. The zero-order chi connectivity index (χ0) is 20.0. The number of aryl methyl sites for hydroxylation is 2. The standard InChI is InChI=1S/C18H27N5O2S2.HI/c1-13-14(2)26-17(22-13)10-11-20-18(19-3)21-12-15-6-8-16(9-7-15)27(24,25)23(4)5;/h6-9H,10-12H2,1-5H3,(H2,19,20,21);1H. The Labute approximate surface area is 188 Å². The van der Waals surface area contributed by atoms with E-state index in [2.05, 4.69) is 27.5 Å². The molecule has 1 aromatic carbocycles. The van der Waals surface area contributed by atoms with Crippen LogP contribution in [0.3, 0.4) is 0 Å². The zero-order valence-corrected chi connectivity index (χ0v) is 20.8. The Hall–Kier alpha value is -1.24. The van der Waals surface area contributed by atoms with E-state index in [1.165, 1.54) is 23.3 Å². The van der Waals surface area contributed by atoms with Gasteiger partial charge in [-0.15, -0.1) is 35.3 Å². The van der Waals surface area contributed by atoms with Gasteiger partial charge in [-0.1, -0.05) is 12.1 Å². The van der Waals surface area contributed by atoms with Gasteiger partial charge in [-0.2, -0.15) is 0 Å². The summed E-state index contributed by atoms with van der Waals surface area (Å²) in [4.78, 5) is 10.3. The van der Waals surface area contributed by atoms with E-state index in [1.54, 1.807) is 42.6 Å². The Morgan fingerprint density at radius 1 is 1.18 bits per heavy atom. The van der Waals surface area contributed by atoms with Crippen LogP contribution in [0.25, 0.3) is 0 Å². The van der Waals surface area contributed by atoms with Crippen molar-refractivity contribution < 1.29 is 8.42 Å². The third-order valence-electron chi connectivity index (χ3n) is 4.09. The van der Waals surface area contributed by atoms with Crippen LogP contribution in [0, 0.1) is 13.8 Å². The number of halogens is 1. The number of nitrogens with zero attached hydrogens (tertiary/aromatic N) is 3. The van der Waals surface area contributed by atoms with Gasteiger partial charge in [-0.25, -0.2) is 17.7 Å². The van der Waals surface area contributed by atoms with Gasteiger partial charge < -0.3 is 10.6 Å². The Balaban J connectivity index is 0.00000392. The van der Waals surface area contributed by atoms with Crippen molar-refractivity contribution in [1.82, 2.24) is 19.9 Å². The van der Waals surface area contributed by atoms with Gasteiger partial charge in [0, 0.05) is 45.5 Å². The molecule has 2 aromatic rings. The van der Waals surface area contributed by atoms with Crippen LogP contribution in [0.1, 0.15) is 21.1 Å². The van der Waals surface area contributed by atoms with Crippen LogP contribution in [-0.2, 0) is 23.0 Å². The van der Waals surface area contributed by atoms with Crippen LogP contribution in [0.2, 0.25) is 0 Å². The van der Waals surface area contributed by atoms with E-state index in [0.29, 0.717) is 12.5 Å². The Bertz CT molecular complexity index is 874. The quantitative estimate of drug-likeness (QED) is 0.322. The number of hydrogen-bond donors (Lipinski definition) is 2. The van der Waals surface area contributed by atoms with Gasteiger partial charge in [0.05, 0.1) is 15.6 Å². The van der Waals surface area contributed by atoms with Gasteiger partial charge >= 0.3 is 0 Å². The van der Waals surface area contributed by atoms with Crippen molar-refractivity contribution in [1.29, 1.82) is 0 Å². The largest absolute Gasteiger partial charge is 0.356 e. The number of sulfonamides is 1. The molecule has 0 bridgehead atoms. The Morgan fingerprint density at radius 2 is 1.82 bits per heavy atom. The van der Waals surface area contributed by atoms with Gasteiger partial charge in [0.25, 0.3) is 0 Å². The van der Waals surface area contributed by atoms with Gasteiger partial charge in [0.15, 0.2) is 5.96 Å². The number of rotatable bonds is 7. The third-order valence-corrected chi connectivity index (χ3v) is 7.05. The van der Waals surface area contributed by atoms with E-state index in [-0.39, 0.29) is 28.9 Å². The lowest BCUT2D eigenvalue weighted by molar-refractivity contribution is 0.520. The number of aromatic nitrogens is 1. The van der Waals surface area contributed by atoms with Crippen molar-refractivity contribution in [3.8, 4) is 0 Å². The summed E-state index contributed by atoms with van der Waals surface area (Å²) in [6.45, 7) is 5.40. The van der Waals surface area contributed by atoms with Gasteiger partial charge in [-0.05, 0) is 31.5 Å². The maximum Gasteiger partial charge on any atom is 0.242 e. The Morgan fingerprint density at radius 3 is 2.32 bits per heavy atom. The summed E-state index contributed by atoms with van der Waals surface area (Å²) in [6, 6.07) is 6.85. The predicted molar refractivity (Wildman–Crippen MR) is 126 cm³/mol. The smallest absolute Gasteiger partial charge is 0.242 e. The van der Waals surface area contributed by atoms with E-state index in [9.17, 15) is 8.42 Å². The molecule has 0 radical (unpaired) electrons. The number of guanidine groups is 1. The van der Waals surface area contributed by atoms with Crippen molar-refractivity contribution in [2.24, 2.45) is 4.99 Å². The molecule has 0 aliphatic rings. The molecular formula is C18H28IN5O2S2. The molecule has 0 spiro atoms. The number of benzene rings is 1. The number of nitrogens with one attached hydrogen (secondary N) is 2. The predicted octanol–water partition coefficient (Wildman–Crippen LogP) is 2.54. The van der Waals surface area contributed by atoms with Crippen molar-refractivity contribution in [2.75, 3.05) is 27.7 Å². The maximum atomic E-state index is 12.1. The topological polar surface area (TPSA) is 86.7 Å². The molecule has 0 saturated heterocycles. The number of hydrogen-bond acceptors (Lipinski definition) is 5. The summed E-state index contributed by atoms with van der Waals surface area (Å²) in [7, 11) is 1.37. The van der Waals surface area contributed by atoms with E-state index in [1.807, 2.05) is 6.92 Å². The molecular weight excluding hydrogens is 509 g/mol. The lowest BCUT2D eigenvalue weighted by Gasteiger charge is -2.13. The average molecular weight is 537 g/mol. The summed E-state index contributed by atoms with van der Waals surface area (Å²) >= 11 is 1.73. The fourth-order valence-electron chi connectivity index (χ4n) is 2.33. The van der Waals surface area contributed by atoms with Crippen LogP contribution in [0.5, 0.6) is 0 Å². The minimum absolute atomic E-state index is 0. The first-order chi connectivity index (χ1) is 12.7. The molecule has 2 rings (SSSR count). The third kappa shape index (κ3) is 6.68. The highest BCUT2D eigenvalue weighted by Crippen LogP contribution is 2.16. The molecule has 1 aromatic heterocycles. The number of thiazole rings is 1.